The van der Waals surface area contributed by atoms with Gasteiger partial charge in [0.25, 0.3) is 11.4 Å². The Kier molecular flexibility index (Phi) is 22.7. The summed E-state index contributed by atoms with van der Waals surface area (Å²) in [4.78, 5) is 56.7. The molecule has 0 amide bonds. The normalized spacial score (nSPS) is 10.8. The number of Topliss-reactive ketones (excluding diaryl/α,β-unsaturated/α-hetero) is 1. The molecule has 6 N–H and O–H groups in total. The van der Waals surface area contributed by atoms with Crippen molar-refractivity contribution in [2.75, 3.05) is 81.7 Å². The first-order valence-electron chi connectivity index (χ1n) is 18.9. The number of non-ortho nitro benzene ring substituents is 2. The minimum atomic E-state index is -0.548. The number of hydrogen-bond donors (Lipinski definition) is 4. The topological polar surface area (TPSA) is 247 Å². The van der Waals surface area contributed by atoms with E-state index < -0.39 is 15.6 Å². The Morgan fingerprint density at radius 1 is 0.859 bits per heavy atom. The molecule has 0 saturated heterocycles. The maximum atomic E-state index is 12.7. The number of anilines is 4. The molecular weight excluding hydrogens is 968 g/mol. The number of carbonyl (C=O) groups is 2. The van der Waals surface area contributed by atoms with E-state index in [-0.39, 0.29) is 38.7 Å². The zero-order valence-corrected chi connectivity index (χ0v) is 40.5. The number of nitro groups is 2. The summed E-state index contributed by atoms with van der Waals surface area (Å²) in [5, 5.41) is 28.8. The van der Waals surface area contributed by atoms with Crippen LogP contribution < -0.4 is 31.6 Å². The van der Waals surface area contributed by atoms with Crippen molar-refractivity contribution in [1.29, 1.82) is 0 Å². The number of thiazole rings is 1. The summed E-state index contributed by atoms with van der Waals surface area (Å²) in [5.41, 5.74) is 14.3. The van der Waals surface area contributed by atoms with Gasteiger partial charge in [-0.2, -0.15) is 4.99 Å². The fourth-order valence-electron chi connectivity index (χ4n) is 4.76. The summed E-state index contributed by atoms with van der Waals surface area (Å²) in [6, 6.07) is 26.1. The number of thiocarbonyl (C=S) groups is 1. The van der Waals surface area contributed by atoms with Crippen molar-refractivity contribution in [2.45, 2.75) is 0 Å². The molecule has 0 spiro atoms. The highest BCUT2D eigenvalue weighted by molar-refractivity contribution is 9.09. The van der Waals surface area contributed by atoms with Gasteiger partial charge in [0.1, 0.15) is 35.4 Å². The number of aliphatic imine (C=N–C) groups is 1. The van der Waals surface area contributed by atoms with Crippen LogP contribution in [0, 0.1) is 20.2 Å². The molecule has 64 heavy (non-hydrogen) atoms. The smallest absolute Gasteiger partial charge is 0.270 e. The van der Waals surface area contributed by atoms with E-state index >= 15 is 0 Å². The van der Waals surface area contributed by atoms with Gasteiger partial charge in [-0.15, -0.1) is 9.24 Å². The van der Waals surface area contributed by atoms with Crippen molar-refractivity contribution in [3.63, 3.8) is 0 Å². The zero-order chi connectivity index (χ0) is 47.2. The van der Waals surface area contributed by atoms with Gasteiger partial charge in [-0.25, -0.2) is 4.98 Å². The summed E-state index contributed by atoms with van der Waals surface area (Å²) in [6.07, 6.45) is 0. The van der Waals surface area contributed by atoms with E-state index in [1.54, 1.807) is 6.07 Å². The minimum Gasteiger partial charge on any atom is -0.492 e. The number of rotatable bonds is 18. The molecule has 0 radical (unpaired) electrons. The number of nitro benzene ring substituents is 2. The molecule has 1 atom stereocenters. The van der Waals surface area contributed by atoms with E-state index in [0.29, 0.717) is 34.2 Å². The Hall–Kier alpha value is -5.61. The average Bonchev–Trinajstić information content (AvgIpc) is 3.63. The number of thioether (sulfide) groups is 1. The molecule has 0 aliphatic heterocycles. The van der Waals surface area contributed by atoms with E-state index in [4.69, 9.17) is 33.2 Å². The number of ether oxygens (including phenoxy) is 2. The largest absolute Gasteiger partial charge is 0.492 e. The maximum absolute atomic E-state index is 12.7. The van der Waals surface area contributed by atoms with E-state index in [1.807, 2.05) is 81.6 Å². The number of carbonyl (C=O) groups excluding carboxylic acids is 2. The number of aromatic nitrogens is 1. The van der Waals surface area contributed by atoms with Gasteiger partial charge in [0.15, 0.2) is 21.2 Å². The van der Waals surface area contributed by atoms with Crippen LogP contribution in [-0.4, -0.2) is 112 Å². The molecule has 340 valence electrons. The third-order valence-electron chi connectivity index (χ3n) is 7.95. The number of nitrogens with two attached hydrogens (primary N) is 2. The Bertz CT molecular complexity index is 2370. The third-order valence-corrected chi connectivity index (χ3v) is 10.7. The van der Waals surface area contributed by atoms with Gasteiger partial charge >= 0.3 is 0 Å². The number of nitrogens with zero attached hydrogens (tertiary/aromatic N) is 6. The lowest BCUT2D eigenvalue weighted by Crippen LogP contribution is -2.19. The van der Waals surface area contributed by atoms with Crippen LogP contribution >= 0.6 is 60.5 Å². The van der Waals surface area contributed by atoms with Crippen molar-refractivity contribution in [2.24, 2.45) is 10.7 Å². The van der Waals surface area contributed by atoms with Gasteiger partial charge < -0.3 is 41.4 Å². The second kappa shape index (κ2) is 27.5. The minimum absolute atomic E-state index is 0.0631. The Labute approximate surface area is 394 Å². The zero-order valence-electron chi connectivity index (χ0n) is 35.3. The fraction of sp³-hybridized carbons (Fsp3) is 0.244. The summed E-state index contributed by atoms with van der Waals surface area (Å²) >= 11 is 10.6. The highest BCUT2D eigenvalue weighted by atomic mass is 79.9. The van der Waals surface area contributed by atoms with Crippen LogP contribution in [0.5, 0.6) is 11.5 Å². The molecule has 23 heteroatoms. The number of nitrogens with one attached hydrogen (secondary N) is 2. The van der Waals surface area contributed by atoms with E-state index in [2.05, 4.69) is 50.7 Å². The number of amidine groups is 1. The second-order valence-corrected chi connectivity index (χ2v) is 17.4. The number of hydrogen-bond acceptors (Lipinski definition) is 16. The quantitative estimate of drug-likeness (QED) is 0.00951. The van der Waals surface area contributed by atoms with Gasteiger partial charge in [0.05, 0.1) is 15.2 Å². The van der Waals surface area contributed by atoms with E-state index in [9.17, 15) is 29.8 Å². The molecule has 5 aromatic rings. The Morgan fingerprint density at radius 2 is 1.36 bits per heavy atom. The van der Waals surface area contributed by atoms with Crippen LogP contribution in [0.4, 0.5) is 33.7 Å². The highest BCUT2D eigenvalue weighted by Crippen LogP contribution is 2.31. The molecule has 0 bridgehead atoms. The number of nitrogen functional groups attached to an aromatic ring is 1. The van der Waals surface area contributed by atoms with Crippen LogP contribution in [0.2, 0.25) is 0 Å². The van der Waals surface area contributed by atoms with E-state index in [1.165, 1.54) is 54.2 Å². The lowest BCUT2D eigenvalue weighted by molar-refractivity contribution is -0.385. The summed E-state index contributed by atoms with van der Waals surface area (Å²) in [6.45, 7) is 2.95. The number of ketones is 2. The molecule has 0 aliphatic rings. The van der Waals surface area contributed by atoms with Crippen molar-refractivity contribution < 1.29 is 28.9 Å². The number of alkyl halides is 1. The van der Waals surface area contributed by atoms with Gasteiger partial charge in [-0.05, 0) is 88.9 Å². The van der Waals surface area contributed by atoms with Crippen molar-refractivity contribution in [1.82, 2.24) is 14.8 Å². The lowest BCUT2D eigenvalue weighted by Gasteiger charge is -2.11. The van der Waals surface area contributed by atoms with Crippen LogP contribution in [-0.2, 0) is 0 Å². The highest BCUT2D eigenvalue weighted by Gasteiger charge is 2.20. The molecule has 5 rings (SSSR count). The average molecular weight is 1020 g/mol. The summed E-state index contributed by atoms with van der Waals surface area (Å²) < 4.78 is 11.3. The Balaban J connectivity index is 0.000000278. The van der Waals surface area contributed by atoms with Gasteiger partial charge in [-0.1, -0.05) is 63.3 Å². The first-order valence-corrected chi connectivity index (χ1v) is 23.0. The van der Waals surface area contributed by atoms with Crippen LogP contribution in [0.15, 0.2) is 102 Å². The maximum Gasteiger partial charge on any atom is 0.270 e. The van der Waals surface area contributed by atoms with Crippen LogP contribution in [0.25, 0.3) is 0 Å². The van der Waals surface area contributed by atoms with Crippen molar-refractivity contribution in [3.8, 4) is 11.5 Å². The molecule has 0 fully saturated rings. The molecule has 1 heterocycles. The lowest BCUT2D eigenvalue weighted by atomic mass is 10.1. The van der Waals surface area contributed by atoms with Crippen LogP contribution in [0.1, 0.15) is 25.6 Å². The van der Waals surface area contributed by atoms with Crippen LogP contribution in [0.3, 0.4) is 0 Å². The summed E-state index contributed by atoms with van der Waals surface area (Å²) in [5.74, 6) is 1.08. The molecular formula is C41H48BrN10O8PS3. The summed E-state index contributed by atoms with van der Waals surface area (Å²) in [7, 11) is 10.6. The fourth-order valence-corrected chi connectivity index (χ4v) is 7.07. The molecule has 4 aromatic carbocycles. The molecule has 0 saturated carbocycles. The van der Waals surface area contributed by atoms with Gasteiger partial charge in [0, 0.05) is 65.4 Å². The molecule has 0 aliphatic carbocycles. The predicted molar refractivity (Wildman–Crippen MR) is 269 cm³/mol. The Morgan fingerprint density at radius 3 is 1.84 bits per heavy atom. The number of halogens is 1. The molecule has 1 unspecified atom stereocenters. The first kappa shape index (κ1) is 52.7. The molecule has 1 aromatic heterocycles. The number of likely N-dealkylation sites (N-methyl/N-ethyl adjacent to an activating group) is 2. The standard InChI is InChI=1S/C20H21N5O4S.C13H21N4OPS2.C8H6BrNO3/c1-24(2)10-11-29-16-8-6-14(7-9-16)22-20-23-19(21)18(30-20)17(26)13-4-3-5-15(12-13)25(27)28;1-17(2)7-8-18-11-5-3-10(4-6-11)15-13(20)16-12(14)21-9-19;9-5-8(11)6-2-1-3-7(4-6)10(12)13/h3-9,12H,10-11,21H2,1-2H3,(H,22,23);3-6H,7-9,19H2,1-2H3,(H3,14,15,16,20);1-4H,5H2. The van der Waals surface area contributed by atoms with Crippen molar-refractivity contribution >= 4 is 116 Å². The second-order valence-electron chi connectivity index (χ2n) is 13.4. The molecule has 18 nitrogen and oxygen atoms in total. The van der Waals surface area contributed by atoms with E-state index in [0.717, 1.165) is 52.8 Å². The monoisotopic (exact) mass is 1010 g/mol. The SMILES string of the molecule is CN(C)CCOc1ccc(NC(=S)N=C(N)SCP)cc1.CN(C)CCOc1ccc(Nc2nc(N)c(C(=O)c3cccc([N+](=O)[O-])c3)s2)cc1.O=C(CBr)c1cccc([N+](=O)[O-])c1. The first-order chi connectivity index (χ1) is 30.5. The third kappa shape index (κ3) is 19.0. The van der Waals surface area contributed by atoms with Crippen molar-refractivity contribution in [3.05, 3.63) is 133 Å². The number of benzene rings is 4. The van der Waals surface area contributed by atoms with Gasteiger partial charge in [0.2, 0.25) is 5.78 Å². The van der Waals surface area contributed by atoms with Gasteiger partial charge in [-0.3, -0.25) is 29.8 Å². The predicted octanol–water partition coefficient (Wildman–Crippen LogP) is 7.93.